The highest BCUT2D eigenvalue weighted by molar-refractivity contribution is 5.88. The van der Waals surface area contributed by atoms with Crippen molar-refractivity contribution in [1.82, 2.24) is 0 Å². The average Bonchev–Trinajstić information content (AvgIpc) is 2.55. The van der Waals surface area contributed by atoms with Gasteiger partial charge in [0.1, 0.15) is 0 Å². The summed E-state index contributed by atoms with van der Waals surface area (Å²) in [5.74, 6) is -1.17. The zero-order valence-electron chi connectivity index (χ0n) is 12.2. The first-order valence-corrected chi connectivity index (χ1v) is 6.84. The van der Waals surface area contributed by atoms with E-state index in [4.69, 9.17) is 4.74 Å². The fourth-order valence-electron chi connectivity index (χ4n) is 1.97. The van der Waals surface area contributed by atoms with Crippen LogP contribution in [0.4, 0.5) is 10.5 Å². The quantitative estimate of drug-likeness (QED) is 0.921. The summed E-state index contributed by atoms with van der Waals surface area (Å²) in [7, 11) is 1.54. The fourth-order valence-corrected chi connectivity index (χ4v) is 1.97. The van der Waals surface area contributed by atoms with Gasteiger partial charge in [-0.3, -0.25) is 4.90 Å². The molecule has 5 nitrogen and oxygen atoms in total. The average molecular weight is 299 g/mol. The summed E-state index contributed by atoms with van der Waals surface area (Å²) in [6.45, 7) is 0. The number of rotatable bonds is 5. The summed E-state index contributed by atoms with van der Waals surface area (Å²) in [5, 5.41) is 9.24. The topological polar surface area (TPSA) is 66.8 Å². The number of carboxylic acid groups (broad SMARTS) is 1. The smallest absolute Gasteiger partial charge is 0.414 e. The highest BCUT2D eigenvalue weighted by Gasteiger charge is 2.25. The Kier molecular flexibility index (Phi) is 5.14. The van der Waals surface area contributed by atoms with Crippen LogP contribution in [0.2, 0.25) is 0 Å². The largest absolute Gasteiger partial charge is 0.478 e. The summed E-state index contributed by atoms with van der Waals surface area (Å²) in [5.41, 5.74) is 1.43. The number of para-hydroxylation sites is 1. The van der Waals surface area contributed by atoms with Crippen molar-refractivity contribution in [3.05, 3.63) is 66.2 Å². The van der Waals surface area contributed by atoms with E-state index in [0.29, 0.717) is 5.69 Å². The molecule has 0 aliphatic rings. The number of benzene rings is 2. The zero-order valence-corrected chi connectivity index (χ0v) is 12.2. The Bertz CT molecular complexity index is 628. The van der Waals surface area contributed by atoms with Crippen LogP contribution in [0.5, 0.6) is 0 Å². The van der Waals surface area contributed by atoms with Gasteiger partial charge in [-0.1, -0.05) is 48.5 Å². The molecule has 0 saturated carbocycles. The molecule has 0 fully saturated rings. The van der Waals surface area contributed by atoms with E-state index in [1.165, 1.54) is 4.90 Å². The summed E-state index contributed by atoms with van der Waals surface area (Å²) >= 11 is 0. The third-order valence-electron chi connectivity index (χ3n) is 3.20. The number of carboxylic acids is 1. The lowest BCUT2D eigenvalue weighted by molar-refractivity contribution is -0.146. The van der Waals surface area contributed by atoms with Crippen molar-refractivity contribution in [2.75, 3.05) is 11.9 Å². The van der Waals surface area contributed by atoms with Crippen LogP contribution in [0.25, 0.3) is 0 Å². The van der Waals surface area contributed by atoms with E-state index >= 15 is 0 Å². The zero-order chi connectivity index (χ0) is 15.9. The molecule has 0 saturated heterocycles. The number of nitrogens with zero attached hydrogens (tertiary/aromatic N) is 1. The molecule has 2 aromatic rings. The van der Waals surface area contributed by atoms with Crippen LogP contribution >= 0.6 is 0 Å². The van der Waals surface area contributed by atoms with Crippen LogP contribution in [0.15, 0.2) is 60.7 Å². The molecule has 0 bridgehead atoms. The Labute approximate surface area is 128 Å². The third-order valence-corrected chi connectivity index (χ3v) is 3.20. The molecule has 2 aromatic carbocycles. The maximum Gasteiger partial charge on any atom is 0.414 e. The molecule has 114 valence electrons. The number of hydrogen-bond acceptors (Lipinski definition) is 3. The minimum absolute atomic E-state index is 0.130. The van der Waals surface area contributed by atoms with Crippen molar-refractivity contribution in [3.63, 3.8) is 0 Å². The maximum absolute atomic E-state index is 12.1. The van der Waals surface area contributed by atoms with Crippen LogP contribution in [-0.4, -0.2) is 30.3 Å². The van der Waals surface area contributed by atoms with Gasteiger partial charge in [-0.15, -0.1) is 0 Å². The Hall–Kier alpha value is -2.82. The Morgan fingerprint density at radius 1 is 1.05 bits per heavy atom. The number of ether oxygens (including phenoxy) is 1. The Balaban J connectivity index is 2.04. The van der Waals surface area contributed by atoms with Gasteiger partial charge in [0.2, 0.25) is 6.10 Å². The first kappa shape index (κ1) is 15.6. The molecular weight excluding hydrogens is 282 g/mol. The van der Waals surface area contributed by atoms with Crippen molar-refractivity contribution in [2.24, 2.45) is 0 Å². The number of hydrogen-bond donors (Lipinski definition) is 1. The monoisotopic (exact) mass is 299 g/mol. The predicted octanol–water partition coefficient (Wildman–Crippen LogP) is 2.96. The van der Waals surface area contributed by atoms with Gasteiger partial charge in [0.05, 0.1) is 0 Å². The fraction of sp³-hybridized carbons (Fsp3) is 0.176. The Morgan fingerprint density at radius 2 is 1.59 bits per heavy atom. The van der Waals surface area contributed by atoms with E-state index in [9.17, 15) is 14.7 Å². The van der Waals surface area contributed by atoms with Crippen molar-refractivity contribution in [2.45, 2.75) is 12.5 Å². The van der Waals surface area contributed by atoms with Crippen LogP contribution in [0.3, 0.4) is 0 Å². The molecule has 1 N–H and O–H groups in total. The highest BCUT2D eigenvalue weighted by atomic mass is 16.6. The maximum atomic E-state index is 12.1. The second-order valence-corrected chi connectivity index (χ2v) is 4.79. The summed E-state index contributed by atoms with van der Waals surface area (Å²) < 4.78 is 5.12. The SMILES string of the molecule is CN(C(=O)O[C@@H](Cc1ccccc1)C(=O)O)c1ccccc1. The molecule has 0 heterocycles. The van der Waals surface area contributed by atoms with Crippen molar-refractivity contribution in [3.8, 4) is 0 Å². The standard InChI is InChI=1S/C17H17NO4/c1-18(14-10-6-3-7-11-14)17(21)22-15(16(19)20)12-13-8-4-2-5-9-13/h2-11,15H,12H2,1H3,(H,19,20)/t15-/m0/s1. The molecule has 2 rings (SSSR count). The number of carbonyl (C=O) groups is 2. The molecule has 0 spiro atoms. The molecule has 0 unspecified atom stereocenters. The third kappa shape index (κ3) is 4.09. The molecular formula is C17H17NO4. The van der Waals surface area contributed by atoms with Gasteiger partial charge in [0.15, 0.2) is 0 Å². The van der Waals surface area contributed by atoms with Crippen LogP contribution in [0.1, 0.15) is 5.56 Å². The lowest BCUT2D eigenvalue weighted by Crippen LogP contribution is -2.35. The minimum Gasteiger partial charge on any atom is -0.478 e. The second-order valence-electron chi connectivity index (χ2n) is 4.79. The van der Waals surface area contributed by atoms with Gasteiger partial charge in [-0.05, 0) is 17.7 Å². The molecule has 0 aliphatic carbocycles. The van der Waals surface area contributed by atoms with E-state index in [1.54, 1.807) is 43.4 Å². The normalized spacial score (nSPS) is 11.5. The van der Waals surface area contributed by atoms with Gasteiger partial charge in [0, 0.05) is 19.2 Å². The van der Waals surface area contributed by atoms with Crippen molar-refractivity contribution >= 4 is 17.7 Å². The second kappa shape index (κ2) is 7.26. The number of amides is 1. The van der Waals surface area contributed by atoms with E-state index in [-0.39, 0.29) is 6.42 Å². The Morgan fingerprint density at radius 3 is 2.14 bits per heavy atom. The van der Waals surface area contributed by atoms with E-state index in [2.05, 4.69) is 0 Å². The first-order valence-electron chi connectivity index (χ1n) is 6.84. The summed E-state index contributed by atoms with van der Waals surface area (Å²) in [6.07, 6.45) is -1.79. The van der Waals surface area contributed by atoms with Crippen LogP contribution in [-0.2, 0) is 16.0 Å². The number of anilines is 1. The van der Waals surface area contributed by atoms with E-state index < -0.39 is 18.2 Å². The van der Waals surface area contributed by atoms with Gasteiger partial charge >= 0.3 is 12.1 Å². The van der Waals surface area contributed by atoms with Crippen LogP contribution < -0.4 is 4.90 Å². The molecule has 22 heavy (non-hydrogen) atoms. The summed E-state index contributed by atoms with van der Waals surface area (Å²) in [6, 6.07) is 18.0. The van der Waals surface area contributed by atoms with Gasteiger partial charge in [-0.2, -0.15) is 0 Å². The van der Waals surface area contributed by atoms with E-state index in [1.807, 2.05) is 24.3 Å². The number of carbonyl (C=O) groups excluding carboxylic acids is 1. The minimum atomic E-state index is -1.22. The lowest BCUT2D eigenvalue weighted by atomic mass is 10.1. The van der Waals surface area contributed by atoms with E-state index in [0.717, 1.165) is 5.56 Å². The first-order chi connectivity index (χ1) is 10.6. The van der Waals surface area contributed by atoms with Crippen molar-refractivity contribution < 1.29 is 19.4 Å². The van der Waals surface area contributed by atoms with Gasteiger partial charge < -0.3 is 9.84 Å². The summed E-state index contributed by atoms with van der Waals surface area (Å²) in [4.78, 5) is 24.7. The molecule has 0 aromatic heterocycles. The molecule has 0 aliphatic heterocycles. The molecule has 1 atom stereocenters. The lowest BCUT2D eigenvalue weighted by Gasteiger charge is -2.20. The van der Waals surface area contributed by atoms with Crippen LogP contribution in [0, 0.1) is 0 Å². The molecule has 5 heteroatoms. The highest BCUT2D eigenvalue weighted by Crippen LogP contribution is 2.14. The van der Waals surface area contributed by atoms with Gasteiger partial charge in [0.25, 0.3) is 0 Å². The molecule has 0 radical (unpaired) electrons. The molecule has 1 amide bonds. The van der Waals surface area contributed by atoms with Gasteiger partial charge in [-0.25, -0.2) is 9.59 Å². The number of aliphatic carboxylic acids is 1. The van der Waals surface area contributed by atoms with Crippen molar-refractivity contribution in [1.29, 1.82) is 0 Å². The predicted molar refractivity (Wildman–Crippen MR) is 82.9 cm³/mol.